The van der Waals surface area contributed by atoms with E-state index in [-0.39, 0.29) is 23.2 Å². The molecule has 0 saturated carbocycles. The third-order valence-electron chi connectivity index (χ3n) is 3.12. The predicted molar refractivity (Wildman–Crippen MR) is 73.8 cm³/mol. The van der Waals surface area contributed by atoms with Crippen LogP contribution in [0.2, 0.25) is 0 Å². The molecule has 0 aliphatic carbocycles. The van der Waals surface area contributed by atoms with Gasteiger partial charge in [-0.25, -0.2) is 8.78 Å². The standard InChI is InChI=1S/C15H14F2N2O2/c1-18-6-5-10(7-14(18)20)15(21)19(2)9-11-3-4-12(16)8-13(11)17/h3-8H,9H2,1-2H3. The zero-order valence-corrected chi connectivity index (χ0v) is 11.6. The summed E-state index contributed by atoms with van der Waals surface area (Å²) in [7, 11) is 3.07. The summed E-state index contributed by atoms with van der Waals surface area (Å²) >= 11 is 0. The van der Waals surface area contributed by atoms with Crippen LogP contribution in [0.5, 0.6) is 0 Å². The SMILES string of the molecule is CN(Cc1ccc(F)cc1F)C(=O)c1ccn(C)c(=O)c1. The van der Waals surface area contributed by atoms with Crippen molar-refractivity contribution >= 4 is 5.91 Å². The van der Waals surface area contributed by atoms with E-state index >= 15 is 0 Å². The largest absolute Gasteiger partial charge is 0.337 e. The molecule has 1 aromatic carbocycles. The number of halogens is 2. The Labute approximate surface area is 120 Å². The molecule has 0 aliphatic rings. The molecular weight excluding hydrogens is 278 g/mol. The molecule has 2 rings (SSSR count). The quantitative estimate of drug-likeness (QED) is 0.867. The molecule has 110 valence electrons. The highest BCUT2D eigenvalue weighted by Crippen LogP contribution is 2.13. The lowest BCUT2D eigenvalue weighted by Crippen LogP contribution is -2.28. The summed E-state index contributed by atoms with van der Waals surface area (Å²) in [6.07, 6.45) is 1.49. The molecule has 1 amide bonds. The topological polar surface area (TPSA) is 42.3 Å². The minimum absolute atomic E-state index is 0.0137. The normalized spacial score (nSPS) is 10.5. The Balaban J connectivity index is 2.19. The van der Waals surface area contributed by atoms with Crippen LogP contribution in [0.25, 0.3) is 0 Å². The summed E-state index contributed by atoms with van der Waals surface area (Å²) in [6.45, 7) is -0.0137. The van der Waals surface area contributed by atoms with Crippen molar-refractivity contribution in [3.8, 4) is 0 Å². The molecule has 6 heteroatoms. The molecule has 0 atom stereocenters. The molecule has 21 heavy (non-hydrogen) atoms. The second kappa shape index (κ2) is 5.87. The van der Waals surface area contributed by atoms with Gasteiger partial charge in [-0.3, -0.25) is 9.59 Å². The van der Waals surface area contributed by atoms with Gasteiger partial charge in [-0.1, -0.05) is 6.07 Å². The maximum atomic E-state index is 13.6. The highest BCUT2D eigenvalue weighted by molar-refractivity contribution is 5.93. The minimum atomic E-state index is -0.710. The summed E-state index contributed by atoms with van der Waals surface area (Å²) in [5.41, 5.74) is 0.126. The van der Waals surface area contributed by atoms with Gasteiger partial charge in [0.2, 0.25) is 0 Å². The Morgan fingerprint density at radius 3 is 2.57 bits per heavy atom. The maximum Gasteiger partial charge on any atom is 0.254 e. The summed E-state index contributed by atoms with van der Waals surface area (Å²) in [4.78, 5) is 24.9. The van der Waals surface area contributed by atoms with Crippen molar-refractivity contribution in [2.24, 2.45) is 7.05 Å². The molecule has 2 aromatic rings. The van der Waals surface area contributed by atoms with Gasteiger partial charge in [-0.2, -0.15) is 0 Å². The number of aryl methyl sites for hydroxylation is 1. The first kappa shape index (κ1) is 14.9. The third kappa shape index (κ3) is 3.34. The van der Waals surface area contributed by atoms with E-state index in [9.17, 15) is 18.4 Å². The Morgan fingerprint density at radius 2 is 1.95 bits per heavy atom. The zero-order valence-electron chi connectivity index (χ0n) is 11.6. The Bertz CT molecular complexity index is 741. The van der Waals surface area contributed by atoms with Crippen LogP contribution in [0.3, 0.4) is 0 Å². The number of nitrogens with zero attached hydrogens (tertiary/aromatic N) is 2. The predicted octanol–water partition coefficient (Wildman–Crippen LogP) is 1.94. The van der Waals surface area contributed by atoms with Gasteiger partial charge in [0, 0.05) is 50.1 Å². The van der Waals surface area contributed by atoms with Crippen molar-refractivity contribution in [1.82, 2.24) is 9.47 Å². The molecule has 0 radical (unpaired) electrons. The van der Waals surface area contributed by atoms with E-state index in [1.807, 2.05) is 0 Å². The number of hydrogen-bond acceptors (Lipinski definition) is 2. The van der Waals surface area contributed by atoms with Crippen LogP contribution in [-0.2, 0) is 13.6 Å². The van der Waals surface area contributed by atoms with Gasteiger partial charge >= 0.3 is 0 Å². The van der Waals surface area contributed by atoms with Gasteiger partial charge in [0.05, 0.1) is 0 Å². The second-order valence-electron chi connectivity index (χ2n) is 4.76. The average Bonchev–Trinajstić information content (AvgIpc) is 2.44. The highest BCUT2D eigenvalue weighted by atomic mass is 19.1. The Hall–Kier alpha value is -2.50. The van der Waals surface area contributed by atoms with E-state index in [1.165, 1.54) is 40.9 Å². The van der Waals surface area contributed by atoms with Gasteiger partial charge in [-0.15, -0.1) is 0 Å². The first-order valence-electron chi connectivity index (χ1n) is 6.24. The van der Waals surface area contributed by atoms with Crippen LogP contribution in [0, 0.1) is 11.6 Å². The van der Waals surface area contributed by atoms with Crippen molar-refractivity contribution < 1.29 is 13.6 Å². The van der Waals surface area contributed by atoms with Crippen molar-refractivity contribution in [3.63, 3.8) is 0 Å². The van der Waals surface area contributed by atoms with Gasteiger partial charge in [-0.05, 0) is 12.1 Å². The lowest BCUT2D eigenvalue weighted by molar-refractivity contribution is 0.0783. The van der Waals surface area contributed by atoms with Gasteiger partial charge < -0.3 is 9.47 Å². The van der Waals surface area contributed by atoms with E-state index in [0.29, 0.717) is 0 Å². The van der Waals surface area contributed by atoms with Crippen molar-refractivity contribution in [2.75, 3.05) is 7.05 Å². The van der Waals surface area contributed by atoms with E-state index in [2.05, 4.69) is 0 Å². The second-order valence-corrected chi connectivity index (χ2v) is 4.76. The van der Waals surface area contributed by atoms with E-state index in [4.69, 9.17) is 0 Å². The zero-order chi connectivity index (χ0) is 15.6. The molecule has 0 spiro atoms. The number of pyridine rings is 1. The van der Waals surface area contributed by atoms with Crippen LogP contribution in [-0.4, -0.2) is 22.4 Å². The van der Waals surface area contributed by atoms with Crippen LogP contribution >= 0.6 is 0 Å². The highest BCUT2D eigenvalue weighted by Gasteiger charge is 2.15. The fourth-order valence-corrected chi connectivity index (χ4v) is 1.88. The van der Waals surface area contributed by atoms with Crippen LogP contribution in [0.1, 0.15) is 15.9 Å². The molecule has 0 N–H and O–H groups in total. The van der Waals surface area contributed by atoms with Crippen molar-refractivity contribution in [1.29, 1.82) is 0 Å². The van der Waals surface area contributed by atoms with Gasteiger partial charge in [0.1, 0.15) is 11.6 Å². The Kier molecular flexibility index (Phi) is 4.16. The number of rotatable bonds is 3. The lowest BCUT2D eigenvalue weighted by atomic mass is 10.1. The molecule has 0 aliphatic heterocycles. The van der Waals surface area contributed by atoms with E-state index in [0.717, 1.165) is 12.1 Å². The molecule has 1 heterocycles. The number of amides is 1. The van der Waals surface area contributed by atoms with E-state index in [1.54, 1.807) is 7.05 Å². The van der Waals surface area contributed by atoms with Crippen LogP contribution < -0.4 is 5.56 Å². The van der Waals surface area contributed by atoms with Crippen molar-refractivity contribution in [2.45, 2.75) is 6.54 Å². The fourth-order valence-electron chi connectivity index (χ4n) is 1.88. The third-order valence-corrected chi connectivity index (χ3v) is 3.12. The van der Waals surface area contributed by atoms with Crippen molar-refractivity contribution in [3.05, 3.63) is 69.6 Å². The summed E-state index contributed by atoms with van der Waals surface area (Å²) in [5.74, 6) is -1.79. The number of benzene rings is 1. The number of carbonyl (C=O) groups excluding carboxylic acids is 1. The minimum Gasteiger partial charge on any atom is -0.337 e. The Morgan fingerprint density at radius 1 is 1.24 bits per heavy atom. The lowest BCUT2D eigenvalue weighted by Gasteiger charge is -2.17. The first-order valence-corrected chi connectivity index (χ1v) is 6.24. The molecule has 0 bridgehead atoms. The molecular formula is C15H14F2N2O2. The first-order chi connectivity index (χ1) is 9.88. The molecule has 0 fully saturated rings. The smallest absolute Gasteiger partial charge is 0.254 e. The molecule has 4 nitrogen and oxygen atoms in total. The average molecular weight is 292 g/mol. The maximum absolute atomic E-state index is 13.6. The summed E-state index contributed by atoms with van der Waals surface area (Å²) in [5, 5.41) is 0. The fraction of sp³-hybridized carbons (Fsp3) is 0.200. The number of carbonyl (C=O) groups is 1. The summed E-state index contributed by atoms with van der Waals surface area (Å²) in [6, 6.07) is 5.93. The van der Waals surface area contributed by atoms with E-state index < -0.39 is 17.5 Å². The van der Waals surface area contributed by atoms with Crippen LogP contribution in [0.4, 0.5) is 8.78 Å². The van der Waals surface area contributed by atoms with Gasteiger partial charge in [0.25, 0.3) is 11.5 Å². The molecule has 1 aromatic heterocycles. The monoisotopic (exact) mass is 292 g/mol. The van der Waals surface area contributed by atoms with Gasteiger partial charge in [0.15, 0.2) is 0 Å². The number of aromatic nitrogens is 1. The van der Waals surface area contributed by atoms with Crippen LogP contribution in [0.15, 0.2) is 41.3 Å². The molecule has 0 saturated heterocycles. The molecule has 0 unspecified atom stereocenters. The number of hydrogen-bond donors (Lipinski definition) is 0. The summed E-state index contributed by atoms with van der Waals surface area (Å²) < 4.78 is 27.7.